The third-order valence-corrected chi connectivity index (χ3v) is 4.24. The molecule has 2 aromatic rings. The average molecular weight is 310 g/mol. The maximum absolute atomic E-state index is 5.66. The Hall–Kier alpha value is -2.14. The second-order valence-electron chi connectivity index (χ2n) is 6.26. The molecule has 1 atom stereocenters. The van der Waals surface area contributed by atoms with E-state index in [2.05, 4.69) is 32.7 Å². The molecule has 1 aliphatic carbocycles. The van der Waals surface area contributed by atoms with Crippen LogP contribution in [0, 0.1) is 0 Å². The summed E-state index contributed by atoms with van der Waals surface area (Å²) in [6.07, 6.45) is 4.98. The second kappa shape index (κ2) is 6.54. The number of rotatable bonds is 6. The molecule has 1 aromatic carbocycles. The smallest absolute Gasteiger partial charge is 0.225 e. The summed E-state index contributed by atoms with van der Waals surface area (Å²) < 4.78 is 5.66. The molecule has 2 aliphatic rings. The van der Waals surface area contributed by atoms with Crippen LogP contribution in [-0.2, 0) is 4.74 Å². The van der Waals surface area contributed by atoms with Gasteiger partial charge in [0.1, 0.15) is 5.82 Å². The zero-order valence-electron chi connectivity index (χ0n) is 13.2. The molecule has 5 heteroatoms. The zero-order chi connectivity index (χ0) is 15.5. The van der Waals surface area contributed by atoms with E-state index < -0.39 is 0 Å². The van der Waals surface area contributed by atoms with Crippen LogP contribution in [0.3, 0.4) is 0 Å². The molecule has 5 nitrogen and oxygen atoms in total. The van der Waals surface area contributed by atoms with Crippen molar-refractivity contribution in [3.8, 4) is 11.3 Å². The maximum Gasteiger partial charge on any atom is 0.225 e. The van der Waals surface area contributed by atoms with Gasteiger partial charge in [0.2, 0.25) is 5.95 Å². The van der Waals surface area contributed by atoms with Crippen LogP contribution in [0.1, 0.15) is 25.7 Å². The third-order valence-electron chi connectivity index (χ3n) is 4.24. The van der Waals surface area contributed by atoms with E-state index >= 15 is 0 Å². The number of nitrogens with zero attached hydrogens (tertiary/aromatic N) is 2. The van der Waals surface area contributed by atoms with Gasteiger partial charge in [-0.05, 0) is 25.7 Å². The molecule has 2 fully saturated rings. The first-order chi connectivity index (χ1) is 11.4. The highest BCUT2D eigenvalue weighted by molar-refractivity contribution is 5.64. The topological polar surface area (TPSA) is 59.1 Å². The number of hydrogen-bond acceptors (Lipinski definition) is 5. The molecule has 0 radical (unpaired) electrons. The van der Waals surface area contributed by atoms with Crippen LogP contribution in [0.25, 0.3) is 11.3 Å². The van der Waals surface area contributed by atoms with Crippen LogP contribution >= 0.6 is 0 Å². The van der Waals surface area contributed by atoms with Crippen LogP contribution in [0.5, 0.6) is 0 Å². The van der Waals surface area contributed by atoms with Gasteiger partial charge in [-0.2, -0.15) is 4.98 Å². The van der Waals surface area contributed by atoms with Crippen molar-refractivity contribution in [2.75, 3.05) is 23.8 Å². The minimum absolute atomic E-state index is 0.277. The molecule has 0 bridgehead atoms. The molecule has 1 aliphatic heterocycles. The first kappa shape index (κ1) is 14.5. The summed E-state index contributed by atoms with van der Waals surface area (Å²) in [6, 6.07) is 12.8. The largest absolute Gasteiger partial charge is 0.376 e. The van der Waals surface area contributed by atoms with E-state index in [0.29, 0.717) is 12.0 Å². The number of nitrogens with one attached hydrogen (secondary N) is 2. The van der Waals surface area contributed by atoms with Crippen LogP contribution in [0.15, 0.2) is 36.4 Å². The lowest BCUT2D eigenvalue weighted by Gasteiger charge is -2.13. The first-order valence-electron chi connectivity index (χ1n) is 8.43. The first-order valence-corrected chi connectivity index (χ1v) is 8.43. The molecular formula is C18H22N4O. The molecule has 23 heavy (non-hydrogen) atoms. The molecule has 0 spiro atoms. The molecule has 1 unspecified atom stereocenters. The minimum atomic E-state index is 0.277. The normalized spacial score (nSPS) is 20.4. The Morgan fingerprint density at radius 1 is 1.09 bits per heavy atom. The van der Waals surface area contributed by atoms with Gasteiger partial charge in [-0.25, -0.2) is 4.98 Å². The highest BCUT2D eigenvalue weighted by atomic mass is 16.5. The van der Waals surface area contributed by atoms with Gasteiger partial charge in [-0.15, -0.1) is 0 Å². The fourth-order valence-corrected chi connectivity index (χ4v) is 2.80. The molecule has 4 rings (SSSR count). The monoisotopic (exact) mass is 310 g/mol. The molecule has 2 heterocycles. The summed E-state index contributed by atoms with van der Waals surface area (Å²) in [5, 5.41) is 6.82. The van der Waals surface area contributed by atoms with Crippen LogP contribution in [0.4, 0.5) is 11.8 Å². The summed E-state index contributed by atoms with van der Waals surface area (Å²) >= 11 is 0. The number of ether oxygens (including phenoxy) is 1. The fraction of sp³-hybridized carbons (Fsp3) is 0.444. The maximum atomic E-state index is 5.66. The molecule has 120 valence electrons. The summed E-state index contributed by atoms with van der Waals surface area (Å²) in [7, 11) is 0. The van der Waals surface area contributed by atoms with E-state index in [9.17, 15) is 0 Å². The van der Waals surface area contributed by atoms with E-state index in [4.69, 9.17) is 4.74 Å². The Kier molecular flexibility index (Phi) is 4.11. The van der Waals surface area contributed by atoms with E-state index in [1.807, 2.05) is 24.3 Å². The van der Waals surface area contributed by atoms with Crippen LogP contribution in [-0.4, -0.2) is 35.3 Å². The van der Waals surface area contributed by atoms with Crippen molar-refractivity contribution in [3.63, 3.8) is 0 Å². The van der Waals surface area contributed by atoms with Gasteiger partial charge in [-0.1, -0.05) is 30.3 Å². The van der Waals surface area contributed by atoms with Crippen molar-refractivity contribution in [2.24, 2.45) is 0 Å². The lowest BCUT2D eigenvalue weighted by atomic mass is 10.1. The highest BCUT2D eigenvalue weighted by Gasteiger charge is 2.22. The molecule has 1 saturated heterocycles. The summed E-state index contributed by atoms with van der Waals surface area (Å²) in [5.41, 5.74) is 2.05. The summed E-state index contributed by atoms with van der Waals surface area (Å²) in [4.78, 5) is 9.29. The van der Waals surface area contributed by atoms with Crippen molar-refractivity contribution in [2.45, 2.75) is 37.8 Å². The predicted molar refractivity (Wildman–Crippen MR) is 91.6 cm³/mol. The van der Waals surface area contributed by atoms with Gasteiger partial charge in [0.05, 0.1) is 11.8 Å². The molecule has 1 saturated carbocycles. The van der Waals surface area contributed by atoms with Crippen LogP contribution < -0.4 is 10.6 Å². The minimum Gasteiger partial charge on any atom is -0.376 e. The number of aromatic nitrogens is 2. The fourth-order valence-electron chi connectivity index (χ4n) is 2.80. The van der Waals surface area contributed by atoms with Gasteiger partial charge in [-0.3, -0.25) is 0 Å². The highest BCUT2D eigenvalue weighted by Crippen LogP contribution is 2.27. The number of hydrogen-bond donors (Lipinski definition) is 2. The summed E-state index contributed by atoms with van der Waals surface area (Å²) in [6.45, 7) is 1.63. The molecular weight excluding hydrogens is 288 g/mol. The quantitative estimate of drug-likeness (QED) is 0.857. The predicted octanol–water partition coefficient (Wildman–Crippen LogP) is 3.31. The van der Waals surface area contributed by atoms with Gasteiger partial charge in [0.25, 0.3) is 0 Å². The van der Waals surface area contributed by atoms with E-state index in [0.717, 1.165) is 43.1 Å². The van der Waals surface area contributed by atoms with E-state index in [1.165, 1.54) is 12.8 Å². The van der Waals surface area contributed by atoms with Crippen molar-refractivity contribution >= 4 is 11.8 Å². The molecule has 1 aromatic heterocycles. The zero-order valence-corrected chi connectivity index (χ0v) is 13.2. The average Bonchev–Trinajstić information content (AvgIpc) is 3.25. The van der Waals surface area contributed by atoms with Gasteiger partial charge < -0.3 is 15.4 Å². The van der Waals surface area contributed by atoms with E-state index in [1.54, 1.807) is 0 Å². The molecule has 2 N–H and O–H groups in total. The van der Waals surface area contributed by atoms with Crippen LogP contribution in [0.2, 0.25) is 0 Å². The Bertz CT molecular complexity index is 651. The number of anilines is 2. The van der Waals surface area contributed by atoms with E-state index in [-0.39, 0.29) is 6.10 Å². The summed E-state index contributed by atoms with van der Waals surface area (Å²) in [5.74, 6) is 1.57. The van der Waals surface area contributed by atoms with Gasteiger partial charge >= 0.3 is 0 Å². The van der Waals surface area contributed by atoms with Crippen molar-refractivity contribution < 1.29 is 4.74 Å². The number of benzene rings is 1. The van der Waals surface area contributed by atoms with Crippen molar-refractivity contribution in [3.05, 3.63) is 36.4 Å². The Labute approximate surface area is 136 Å². The third kappa shape index (κ3) is 3.79. The SMILES string of the molecule is c1ccc(-c2cc(NC3CC3)nc(NCC3CCCO3)n2)cc1. The van der Waals surface area contributed by atoms with Gasteiger partial charge in [0, 0.05) is 30.8 Å². The Morgan fingerprint density at radius 3 is 2.70 bits per heavy atom. The molecule has 0 amide bonds. The lowest BCUT2D eigenvalue weighted by Crippen LogP contribution is -2.20. The Morgan fingerprint density at radius 2 is 1.96 bits per heavy atom. The van der Waals surface area contributed by atoms with Gasteiger partial charge in [0.15, 0.2) is 0 Å². The lowest BCUT2D eigenvalue weighted by molar-refractivity contribution is 0.120. The van der Waals surface area contributed by atoms with Crippen molar-refractivity contribution in [1.82, 2.24) is 9.97 Å². The second-order valence-corrected chi connectivity index (χ2v) is 6.26. The Balaban J connectivity index is 1.55. The van der Waals surface area contributed by atoms with Crippen molar-refractivity contribution in [1.29, 1.82) is 0 Å². The standard InChI is InChI=1S/C18H22N4O/c1-2-5-13(6-3-1)16-11-17(20-14-8-9-14)22-18(21-16)19-12-15-7-4-10-23-15/h1-3,5-6,11,14-15H,4,7-10,12H2,(H2,19,20,21,22).